The van der Waals surface area contributed by atoms with E-state index >= 15 is 0 Å². The van der Waals surface area contributed by atoms with Gasteiger partial charge in [0.2, 0.25) is 0 Å². The normalized spacial score (nSPS) is 24.0. The van der Waals surface area contributed by atoms with Crippen molar-refractivity contribution in [2.45, 2.75) is 31.2 Å². The number of rotatable bonds is 3. The van der Waals surface area contributed by atoms with Gasteiger partial charge in [0.1, 0.15) is 5.54 Å². The molecule has 0 aromatic heterocycles. The van der Waals surface area contributed by atoms with Crippen LogP contribution >= 0.6 is 0 Å². The molecule has 1 aliphatic heterocycles. The van der Waals surface area contributed by atoms with E-state index in [1.54, 1.807) is 6.92 Å². The predicted octanol–water partition coefficient (Wildman–Crippen LogP) is 2.86. The van der Waals surface area contributed by atoms with Gasteiger partial charge in [0.25, 0.3) is 0 Å². The van der Waals surface area contributed by atoms with Gasteiger partial charge >= 0.3 is 5.97 Å². The summed E-state index contributed by atoms with van der Waals surface area (Å²) in [4.78, 5) is 26.0. The van der Waals surface area contributed by atoms with Crippen molar-refractivity contribution < 1.29 is 14.3 Å². The van der Waals surface area contributed by atoms with Gasteiger partial charge in [-0.05, 0) is 30.9 Å². The Morgan fingerprint density at radius 1 is 1.19 bits per heavy atom. The van der Waals surface area contributed by atoms with Crippen molar-refractivity contribution in [2.24, 2.45) is 5.10 Å². The first-order valence-electron chi connectivity index (χ1n) is 8.87. The number of carbonyl (C=O) groups is 2. The van der Waals surface area contributed by atoms with Gasteiger partial charge in [0.05, 0.1) is 12.5 Å². The molecule has 2 aromatic carbocycles. The zero-order valence-electron chi connectivity index (χ0n) is 14.6. The van der Waals surface area contributed by atoms with Crippen molar-refractivity contribution in [3.05, 3.63) is 71.3 Å². The van der Waals surface area contributed by atoms with Crippen LogP contribution in [0.2, 0.25) is 0 Å². The van der Waals surface area contributed by atoms with E-state index in [1.807, 2.05) is 54.6 Å². The Morgan fingerprint density at radius 3 is 2.69 bits per heavy atom. The molecule has 2 aromatic rings. The van der Waals surface area contributed by atoms with Gasteiger partial charge < -0.3 is 4.74 Å². The molecule has 132 valence electrons. The van der Waals surface area contributed by atoms with Crippen molar-refractivity contribution in [3.8, 4) is 0 Å². The number of hydrogen-bond donors (Lipinski definition) is 1. The van der Waals surface area contributed by atoms with Crippen LogP contribution in [0.15, 0.2) is 59.7 Å². The molecular weight excluding hydrogens is 328 g/mol. The highest BCUT2D eigenvalue weighted by Gasteiger charge is 2.55. The van der Waals surface area contributed by atoms with Crippen molar-refractivity contribution >= 4 is 17.5 Å². The van der Waals surface area contributed by atoms with E-state index in [9.17, 15) is 9.59 Å². The van der Waals surface area contributed by atoms with E-state index < -0.39 is 17.4 Å². The summed E-state index contributed by atoms with van der Waals surface area (Å²) in [5.74, 6) is -0.961. The number of aryl methyl sites for hydroxylation is 1. The Kier molecular flexibility index (Phi) is 4.07. The summed E-state index contributed by atoms with van der Waals surface area (Å²) < 4.78 is 5.20. The first-order valence-corrected chi connectivity index (χ1v) is 8.87. The van der Waals surface area contributed by atoms with Crippen LogP contribution in [0.1, 0.15) is 40.7 Å². The van der Waals surface area contributed by atoms with Gasteiger partial charge in [-0.2, -0.15) is 5.10 Å². The molecule has 0 fully saturated rings. The molecule has 1 heterocycles. The minimum Gasteiger partial charge on any atom is -0.461 e. The highest BCUT2D eigenvalue weighted by atomic mass is 16.5. The average Bonchev–Trinajstić information content (AvgIpc) is 3.06. The highest BCUT2D eigenvalue weighted by Crippen LogP contribution is 2.43. The van der Waals surface area contributed by atoms with E-state index in [-0.39, 0.29) is 18.1 Å². The lowest BCUT2D eigenvalue weighted by Crippen LogP contribution is -2.55. The lowest BCUT2D eigenvalue weighted by Gasteiger charge is -2.37. The number of Topliss-reactive ketones (excluding diaryl/α,β-unsaturated/α-hetero) is 1. The highest BCUT2D eigenvalue weighted by molar-refractivity contribution is 6.40. The Bertz CT molecular complexity index is 891. The van der Waals surface area contributed by atoms with Crippen LogP contribution in [0.3, 0.4) is 0 Å². The topological polar surface area (TPSA) is 67.8 Å². The zero-order valence-corrected chi connectivity index (χ0v) is 14.6. The molecule has 0 unspecified atom stereocenters. The van der Waals surface area contributed by atoms with Crippen LogP contribution in [-0.4, -0.2) is 29.6 Å². The molecule has 2 atom stereocenters. The summed E-state index contributed by atoms with van der Waals surface area (Å²) in [6, 6.07) is 17.2. The summed E-state index contributed by atoms with van der Waals surface area (Å²) in [7, 11) is 0. The third kappa shape index (κ3) is 2.43. The first-order chi connectivity index (χ1) is 12.7. The molecule has 26 heavy (non-hydrogen) atoms. The Morgan fingerprint density at radius 2 is 1.92 bits per heavy atom. The van der Waals surface area contributed by atoms with E-state index in [0.29, 0.717) is 12.0 Å². The van der Waals surface area contributed by atoms with Gasteiger partial charge in [0.15, 0.2) is 11.5 Å². The number of carbonyl (C=O) groups excluding carboxylic acids is 2. The molecule has 0 bridgehead atoms. The minimum absolute atomic E-state index is 0.0174. The molecule has 2 aliphatic rings. The molecule has 5 heteroatoms. The predicted molar refractivity (Wildman–Crippen MR) is 98.2 cm³/mol. The van der Waals surface area contributed by atoms with E-state index in [2.05, 4.69) is 10.5 Å². The molecule has 5 nitrogen and oxygen atoms in total. The second-order valence-corrected chi connectivity index (χ2v) is 6.63. The molecular formula is C21H20N2O3. The van der Waals surface area contributed by atoms with Gasteiger partial charge in [-0.3, -0.25) is 10.2 Å². The fraction of sp³-hybridized carbons (Fsp3) is 0.286. The number of hydrogen-bond acceptors (Lipinski definition) is 5. The van der Waals surface area contributed by atoms with Crippen LogP contribution in [0.5, 0.6) is 0 Å². The summed E-state index contributed by atoms with van der Waals surface area (Å²) in [6.45, 7) is 2.03. The largest absolute Gasteiger partial charge is 0.461 e. The van der Waals surface area contributed by atoms with E-state index in [4.69, 9.17) is 4.74 Å². The molecule has 4 rings (SSSR count). The standard InChI is InChI=1S/C21H20N2O3/c1-2-26-20(25)18-17(15-9-4-3-5-10-15)21(23-22-18)13-12-14-8-6-7-11-16(14)19(21)24/h3-11,17,23H,2,12-13H2,1H3/t17-,21+/m0/s1. The van der Waals surface area contributed by atoms with Crippen LogP contribution in [0, 0.1) is 0 Å². The maximum absolute atomic E-state index is 13.5. The Labute approximate surface area is 152 Å². The molecule has 0 amide bonds. The lowest BCUT2D eigenvalue weighted by atomic mass is 9.67. The smallest absolute Gasteiger partial charge is 0.355 e. The van der Waals surface area contributed by atoms with Crippen LogP contribution in [0.4, 0.5) is 0 Å². The number of esters is 1. The SMILES string of the molecule is CCOC(=O)C1=NN[C@]2(CCc3ccccc3C2=O)[C@H]1c1ccccc1. The number of nitrogens with zero attached hydrogens (tertiary/aromatic N) is 1. The van der Waals surface area contributed by atoms with Crippen LogP contribution < -0.4 is 5.43 Å². The van der Waals surface area contributed by atoms with Crippen LogP contribution in [-0.2, 0) is 16.0 Å². The van der Waals surface area contributed by atoms with Gasteiger partial charge in [-0.15, -0.1) is 0 Å². The molecule has 1 N–H and O–H groups in total. The number of nitrogens with one attached hydrogen (secondary N) is 1. The van der Waals surface area contributed by atoms with Crippen molar-refractivity contribution in [3.63, 3.8) is 0 Å². The summed E-state index contributed by atoms with van der Waals surface area (Å²) >= 11 is 0. The number of hydrazone groups is 1. The zero-order chi connectivity index (χ0) is 18.1. The minimum atomic E-state index is -0.947. The van der Waals surface area contributed by atoms with Gasteiger partial charge in [0, 0.05) is 5.56 Å². The second-order valence-electron chi connectivity index (χ2n) is 6.63. The Balaban J connectivity index is 1.82. The second kappa shape index (κ2) is 6.41. The lowest BCUT2D eigenvalue weighted by molar-refractivity contribution is -0.135. The van der Waals surface area contributed by atoms with Crippen molar-refractivity contribution in [1.29, 1.82) is 0 Å². The number of fused-ring (bicyclic) bond motifs is 1. The van der Waals surface area contributed by atoms with Gasteiger partial charge in [-0.1, -0.05) is 54.6 Å². The fourth-order valence-corrected chi connectivity index (χ4v) is 4.01. The first kappa shape index (κ1) is 16.5. The van der Waals surface area contributed by atoms with Crippen LogP contribution in [0.25, 0.3) is 0 Å². The number of benzene rings is 2. The Hall–Kier alpha value is -2.95. The molecule has 0 saturated carbocycles. The quantitative estimate of drug-likeness (QED) is 0.866. The molecule has 0 radical (unpaired) electrons. The molecule has 1 aliphatic carbocycles. The fourth-order valence-electron chi connectivity index (χ4n) is 4.01. The summed E-state index contributed by atoms with van der Waals surface area (Å²) in [5.41, 5.74) is 4.99. The molecule has 1 spiro atoms. The van der Waals surface area contributed by atoms with E-state index in [1.165, 1.54) is 0 Å². The molecule has 0 saturated heterocycles. The number of ketones is 1. The monoisotopic (exact) mass is 348 g/mol. The third-order valence-electron chi connectivity index (χ3n) is 5.22. The maximum Gasteiger partial charge on any atom is 0.355 e. The average molecular weight is 348 g/mol. The van der Waals surface area contributed by atoms with E-state index in [0.717, 1.165) is 17.5 Å². The third-order valence-corrected chi connectivity index (χ3v) is 5.22. The van der Waals surface area contributed by atoms with Crippen molar-refractivity contribution in [2.75, 3.05) is 6.61 Å². The number of ether oxygens (including phenoxy) is 1. The maximum atomic E-state index is 13.5. The van der Waals surface area contributed by atoms with Crippen molar-refractivity contribution in [1.82, 2.24) is 5.43 Å². The summed E-state index contributed by atoms with van der Waals surface area (Å²) in [5, 5.41) is 4.28. The summed E-state index contributed by atoms with van der Waals surface area (Å²) in [6.07, 6.45) is 1.33. The van der Waals surface area contributed by atoms with Gasteiger partial charge in [-0.25, -0.2) is 4.79 Å².